The Labute approximate surface area is 143 Å². The van der Waals surface area contributed by atoms with Crippen molar-refractivity contribution < 1.29 is 4.79 Å². The van der Waals surface area contributed by atoms with Gasteiger partial charge in [0, 0.05) is 6.42 Å². The van der Waals surface area contributed by atoms with Gasteiger partial charge in [-0.15, -0.1) is 0 Å². The van der Waals surface area contributed by atoms with Crippen molar-refractivity contribution >= 4 is 5.78 Å². The first kappa shape index (κ1) is 15.1. The summed E-state index contributed by atoms with van der Waals surface area (Å²) in [7, 11) is 0. The molecule has 1 heteroatoms. The van der Waals surface area contributed by atoms with Crippen molar-refractivity contribution in [2.45, 2.75) is 31.1 Å². The Kier molecular flexibility index (Phi) is 3.93. The zero-order valence-electron chi connectivity index (χ0n) is 13.8. The van der Waals surface area contributed by atoms with Gasteiger partial charge < -0.3 is 0 Å². The van der Waals surface area contributed by atoms with Gasteiger partial charge in [-0.05, 0) is 36.3 Å². The standard InChI is InChI=1S/C23H22O/c24-22-16-18-10-4-1-5-11-19(18)17-23(22,20-12-6-2-7-13-20)21-14-8-3-9-15-21/h1-4,6-10,12-15,19H,5,11,16-17H2. The van der Waals surface area contributed by atoms with E-state index in [4.69, 9.17) is 0 Å². The first-order valence-electron chi connectivity index (χ1n) is 8.80. The Bertz CT molecular complexity index is 744. The fourth-order valence-corrected chi connectivity index (χ4v) is 4.33. The molecule has 120 valence electrons. The maximum Gasteiger partial charge on any atom is 0.151 e. The van der Waals surface area contributed by atoms with E-state index in [0.29, 0.717) is 18.1 Å². The number of hydrogen-bond donors (Lipinski definition) is 0. The minimum Gasteiger partial charge on any atom is -0.298 e. The van der Waals surface area contributed by atoms with Crippen LogP contribution in [0.4, 0.5) is 0 Å². The van der Waals surface area contributed by atoms with Crippen LogP contribution in [-0.2, 0) is 10.2 Å². The molecule has 2 aromatic rings. The van der Waals surface area contributed by atoms with E-state index in [-0.39, 0.29) is 0 Å². The number of carbonyl (C=O) groups excluding carboxylic acids is 1. The molecule has 1 atom stereocenters. The highest BCUT2D eigenvalue weighted by atomic mass is 16.1. The van der Waals surface area contributed by atoms with Crippen molar-refractivity contribution in [3.8, 4) is 0 Å². The summed E-state index contributed by atoms with van der Waals surface area (Å²) in [5.41, 5.74) is 3.08. The van der Waals surface area contributed by atoms with E-state index in [1.807, 2.05) is 36.4 Å². The quantitative estimate of drug-likeness (QED) is 0.742. The van der Waals surface area contributed by atoms with Crippen LogP contribution in [0.5, 0.6) is 0 Å². The number of carbonyl (C=O) groups is 1. The van der Waals surface area contributed by atoms with Crippen LogP contribution < -0.4 is 0 Å². The van der Waals surface area contributed by atoms with Crippen molar-refractivity contribution in [1.29, 1.82) is 0 Å². The fraction of sp³-hybridized carbons (Fsp3) is 0.261. The predicted octanol–water partition coefficient (Wildman–Crippen LogP) is 5.23. The normalized spacial score (nSPS) is 22.4. The van der Waals surface area contributed by atoms with Gasteiger partial charge in [0.15, 0.2) is 5.78 Å². The molecule has 1 unspecified atom stereocenters. The third-order valence-corrected chi connectivity index (χ3v) is 5.58. The Balaban J connectivity index is 1.87. The molecule has 1 fully saturated rings. The summed E-state index contributed by atoms with van der Waals surface area (Å²) in [5, 5.41) is 0. The third kappa shape index (κ3) is 2.45. The molecule has 1 nitrogen and oxygen atoms in total. The molecule has 1 saturated carbocycles. The number of hydrogen-bond acceptors (Lipinski definition) is 1. The van der Waals surface area contributed by atoms with Crippen LogP contribution in [0, 0.1) is 5.92 Å². The van der Waals surface area contributed by atoms with Gasteiger partial charge in [0.25, 0.3) is 0 Å². The molecule has 2 aliphatic rings. The number of allylic oxidation sites excluding steroid dienone is 4. The molecule has 2 aromatic carbocycles. The summed E-state index contributed by atoms with van der Waals surface area (Å²) in [4.78, 5) is 13.4. The summed E-state index contributed by atoms with van der Waals surface area (Å²) in [6.07, 6.45) is 10.2. The van der Waals surface area contributed by atoms with Crippen molar-refractivity contribution in [3.63, 3.8) is 0 Å². The van der Waals surface area contributed by atoms with E-state index in [1.165, 1.54) is 5.57 Å². The molecule has 0 heterocycles. The first-order valence-corrected chi connectivity index (χ1v) is 8.80. The predicted molar refractivity (Wildman–Crippen MR) is 97.9 cm³/mol. The van der Waals surface area contributed by atoms with Gasteiger partial charge in [-0.25, -0.2) is 0 Å². The summed E-state index contributed by atoms with van der Waals surface area (Å²) >= 11 is 0. The fourth-order valence-electron chi connectivity index (χ4n) is 4.33. The molecule has 0 saturated heterocycles. The highest BCUT2D eigenvalue weighted by Gasteiger charge is 2.47. The van der Waals surface area contributed by atoms with Gasteiger partial charge in [0.1, 0.15) is 0 Å². The minimum atomic E-state index is -0.505. The number of Topliss-reactive ketones (excluding diaryl/α,β-unsaturated/α-hetero) is 1. The second kappa shape index (κ2) is 6.24. The van der Waals surface area contributed by atoms with Gasteiger partial charge in [-0.3, -0.25) is 4.79 Å². The minimum absolute atomic E-state index is 0.331. The lowest BCUT2D eigenvalue weighted by Crippen LogP contribution is -2.43. The summed E-state index contributed by atoms with van der Waals surface area (Å²) in [5.74, 6) is 0.816. The highest BCUT2D eigenvalue weighted by molar-refractivity contribution is 5.96. The molecule has 0 spiro atoms. The van der Waals surface area contributed by atoms with E-state index in [1.54, 1.807) is 0 Å². The molecule has 0 amide bonds. The Hall–Kier alpha value is -2.41. The van der Waals surface area contributed by atoms with Crippen molar-refractivity contribution in [2.75, 3.05) is 0 Å². The van der Waals surface area contributed by atoms with E-state index in [2.05, 4.69) is 42.5 Å². The smallest absolute Gasteiger partial charge is 0.151 e. The molecule has 24 heavy (non-hydrogen) atoms. The maximum absolute atomic E-state index is 13.4. The van der Waals surface area contributed by atoms with E-state index in [9.17, 15) is 4.79 Å². The Morgan fingerprint density at radius 2 is 1.50 bits per heavy atom. The van der Waals surface area contributed by atoms with Crippen LogP contribution >= 0.6 is 0 Å². The second-order valence-electron chi connectivity index (χ2n) is 6.89. The van der Waals surface area contributed by atoms with Crippen molar-refractivity contribution in [1.82, 2.24) is 0 Å². The monoisotopic (exact) mass is 314 g/mol. The van der Waals surface area contributed by atoms with Gasteiger partial charge >= 0.3 is 0 Å². The lowest BCUT2D eigenvalue weighted by atomic mass is 9.59. The van der Waals surface area contributed by atoms with Gasteiger partial charge in [0.05, 0.1) is 5.41 Å². The second-order valence-corrected chi connectivity index (χ2v) is 6.89. The van der Waals surface area contributed by atoms with Crippen LogP contribution in [0.25, 0.3) is 0 Å². The zero-order chi connectivity index (χ0) is 16.4. The van der Waals surface area contributed by atoms with Crippen molar-refractivity contribution in [3.05, 3.63) is 95.6 Å². The number of benzene rings is 2. The summed E-state index contributed by atoms with van der Waals surface area (Å²) in [6.45, 7) is 0. The Morgan fingerprint density at radius 1 is 0.875 bits per heavy atom. The SMILES string of the molecule is O=C1CC2=CC=CCCC2CC1(c1ccccc1)c1ccccc1. The maximum atomic E-state index is 13.4. The third-order valence-electron chi connectivity index (χ3n) is 5.58. The molecule has 0 bridgehead atoms. The lowest BCUT2D eigenvalue weighted by molar-refractivity contribution is -0.124. The molecular weight excluding hydrogens is 292 g/mol. The van der Waals surface area contributed by atoms with Crippen LogP contribution in [-0.4, -0.2) is 5.78 Å². The van der Waals surface area contributed by atoms with Crippen molar-refractivity contribution in [2.24, 2.45) is 5.92 Å². The zero-order valence-corrected chi connectivity index (χ0v) is 13.8. The molecule has 0 aromatic heterocycles. The largest absolute Gasteiger partial charge is 0.298 e. The molecule has 0 aliphatic heterocycles. The van der Waals surface area contributed by atoms with Gasteiger partial charge in [0.2, 0.25) is 0 Å². The summed E-state index contributed by atoms with van der Waals surface area (Å²) < 4.78 is 0. The van der Waals surface area contributed by atoms with E-state index >= 15 is 0 Å². The number of ketones is 1. The average molecular weight is 314 g/mol. The van der Waals surface area contributed by atoms with E-state index in [0.717, 1.165) is 30.4 Å². The first-order chi connectivity index (χ1) is 11.8. The van der Waals surface area contributed by atoms with E-state index < -0.39 is 5.41 Å². The van der Waals surface area contributed by atoms with Gasteiger partial charge in [-0.1, -0.05) is 84.5 Å². The van der Waals surface area contributed by atoms with Crippen LogP contribution in [0.15, 0.2) is 84.5 Å². The van der Waals surface area contributed by atoms with Crippen LogP contribution in [0.2, 0.25) is 0 Å². The van der Waals surface area contributed by atoms with Gasteiger partial charge in [-0.2, -0.15) is 0 Å². The molecule has 4 rings (SSSR count). The summed E-state index contributed by atoms with van der Waals surface area (Å²) in [6, 6.07) is 20.7. The molecule has 2 aliphatic carbocycles. The Morgan fingerprint density at radius 3 is 2.12 bits per heavy atom. The topological polar surface area (TPSA) is 17.1 Å². The lowest BCUT2D eigenvalue weighted by Gasteiger charge is -2.42. The van der Waals surface area contributed by atoms with Crippen LogP contribution in [0.3, 0.4) is 0 Å². The molecule has 0 radical (unpaired) electrons. The number of fused-ring (bicyclic) bond motifs is 1. The highest BCUT2D eigenvalue weighted by Crippen LogP contribution is 2.48. The molecular formula is C23H22O. The molecule has 0 N–H and O–H groups in total. The average Bonchev–Trinajstić information content (AvgIpc) is 2.87. The number of rotatable bonds is 2. The van der Waals surface area contributed by atoms with Crippen LogP contribution in [0.1, 0.15) is 36.8 Å².